The predicted octanol–water partition coefficient (Wildman–Crippen LogP) is 6.06. The van der Waals surface area contributed by atoms with E-state index in [0.29, 0.717) is 36.8 Å². The molecule has 1 aromatic heterocycles. The second-order valence-corrected chi connectivity index (χ2v) is 13.0. The molecule has 3 atom stereocenters. The number of nitrogens with zero attached hydrogens (tertiary/aromatic N) is 5. The Morgan fingerprint density at radius 2 is 1.74 bits per heavy atom. The first-order chi connectivity index (χ1) is 20.1. The number of aryl methyl sites for hydroxylation is 2. The minimum Gasteiger partial charge on any atom is -0.444 e. The maximum atomic E-state index is 13.6. The fraction of sp³-hybridized carbons (Fsp3) is 0.500. The van der Waals surface area contributed by atoms with Crippen LogP contribution >= 0.6 is 11.6 Å². The second-order valence-electron chi connectivity index (χ2n) is 12.6. The molecule has 232 valence electrons. The van der Waals surface area contributed by atoms with Crippen LogP contribution in [-0.2, 0) is 17.8 Å². The van der Waals surface area contributed by atoms with Crippen molar-refractivity contribution in [3.05, 3.63) is 80.9 Å². The molecule has 1 aliphatic heterocycles. The number of rotatable bonds is 7. The lowest BCUT2D eigenvalue weighted by Crippen LogP contribution is -2.57. The van der Waals surface area contributed by atoms with Gasteiger partial charge in [0.05, 0.1) is 17.9 Å². The van der Waals surface area contributed by atoms with E-state index < -0.39 is 11.7 Å². The van der Waals surface area contributed by atoms with Gasteiger partial charge in [0.25, 0.3) is 5.91 Å². The average molecular weight is 613 g/mol. The average Bonchev–Trinajstić information content (AvgIpc) is 3.37. The van der Waals surface area contributed by atoms with Crippen LogP contribution in [0.2, 0.25) is 5.02 Å². The monoisotopic (exact) mass is 612 g/mol. The summed E-state index contributed by atoms with van der Waals surface area (Å²) in [4.78, 5) is 30.0. The zero-order chi connectivity index (χ0) is 31.6. The van der Waals surface area contributed by atoms with Gasteiger partial charge in [0.2, 0.25) is 0 Å². The van der Waals surface area contributed by atoms with Gasteiger partial charge in [-0.3, -0.25) is 9.69 Å². The molecule has 0 spiro atoms. The summed E-state index contributed by atoms with van der Waals surface area (Å²) in [5.74, 6) is -0.386. The fourth-order valence-corrected chi connectivity index (χ4v) is 5.96. The van der Waals surface area contributed by atoms with Crippen LogP contribution in [0.5, 0.6) is 0 Å². The topological polar surface area (TPSA) is 92.6 Å². The Bertz CT molecular complexity index is 1450. The van der Waals surface area contributed by atoms with Crippen LogP contribution in [0.1, 0.15) is 85.9 Å². The Hall–Kier alpha value is -3.50. The molecule has 1 aliphatic rings. The SMILES string of the molecule is Cc1cc(C(=O)N2C[C@@H](C)N(Cc3cn([C@H](C)c4ccc(F)cc4Cl)nn3)[C@@H](C)C2)cc(C)c1CNC(=O)OC(C)(C)C. The normalized spacial score (nSPS) is 18.4. The Labute approximate surface area is 258 Å². The number of aromatic nitrogens is 3. The van der Waals surface area contributed by atoms with Crippen molar-refractivity contribution < 1.29 is 18.7 Å². The van der Waals surface area contributed by atoms with E-state index in [9.17, 15) is 14.0 Å². The van der Waals surface area contributed by atoms with Gasteiger partial charge in [-0.15, -0.1) is 5.10 Å². The third kappa shape index (κ3) is 7.92. The van der Waals surface area contributed by atoms with Gasteiger partial charge in [0, 0.05) is 48.8 Å². The van der Waals surface area contributed by atoms with Crippen molar-refractivity contribution in [3.63, 3.8) is 0 Å². The number of benzene rings is 2. The minimum absolute atomic E-state index is 0.00727. The van der Waals surface area contributed by atoms with Crippen molar-refractivity contribution in [2.75, 3.05) is 13.1 Å². The van der Waals surface area contributed by atoms with Gasteiger partial charge in [0.1, 0.15) is 11.4 Å². The Morgan fingerprint density at radius 1 is 1.12 bits per heavy atom. The smallest absolute Gasteiger partial charge is 0.407 e. The van der Waals surface area contributed by atoms with Gasteiger partial charge in [-0.1, -0.05) is 22.9 Å². The summed E-state index contributed by atoms with van der Waals surface area (Å²) in [6, 6.07) is 8.15. The number of amides is 2. The third-order valence-electron chi connectivity index (χ3n) is 7.85. The summed E-state index contributed by atoms with van der Waals surface area (Å²) in [6.07, 6.45) is 1.42. The molecule has 4 rings (SSSR count). The molecule has 0 saturated carbocycles. The molecule has 2 aromatic carbocycles. The molecule has 3 aromatic rings. The fourth-order valence-electron chi connectivity index (χ4n) is 5.63. The highest BCUT2D eigenvalue weighted by molar-refractivity contribution is 6.31. The lowest BCUT2D eigenvalue weighted by molar-refractivity contribution is 0.0264. The lowest BCUT2D eigenvalue weighted by atomic mass is 9.98. The number of ether oxygens (including phenoxy) is 1. The molecule has 1 N–H and O–H groups in total. The zero-order valence-corrected chi connectivity index (χ0v) is 27.0. The molecular weight excluding hydrogens is 571 g/mol. The Kier molecular flexibility index (Phi) is 9.81. The number of alkyl carbamates (subject to hydrolysis) is 1. The van der Waals surface area contributed by atoms with Crippen LogP contribution in [-0.4, -0.2) is 67.6 Å². The van der Waals surface area contributed by atoms with E-state index in [2.05, 4.69) is 34.4 Å². The van der Waals surface area contributed by atoms with E-state index in [1.807, 2.05) is 64.8 Å². The summed E-state index contributed by atoms with van der Waals surface area (Å²) in [5.41, 5.74) is 4.51. The van der Waals surface area contributed by atoms with E-state index in [-0.39, 0.29) is 29.8 Å². The summed E-state index contributed by atoms with van der Waals surface area (Å²) < 4.78 is 20.6. The molecule has 1 fully saturated rings. The molecule has 0 radical (unpaired) electrons. The van der Waals surface area contributed by atoms with Gasteiger partial charge in [0.15, 0.2) is 0 Å². The highest BCUT2D eigenvalue weighted by Crippen LogP contribution is 2.27. The number of hydrogen-bond donors (Lipinski definition) is 1. The molecule has 0 bridgehead atoms. The Morgan fingerprint density at radius 3 is 2.33 bits per heavy atom. The summed E-state index contributed by atoms with van der Waals surface area (Å²) in [6.45, 7) is 17.6. The quantitative estimate of drug-likeness (QED) is 0.349. The summed E-state index contributed by atoms with van der Waals surface area (Å²) in [7, 11) is 0. The van der Waals surface area contributed by atoms with Gasteiger partial charge in [-0.2, -0.15) is 0 Å². The Balaban J connectivity index is 1.38. The second kappa shape index (κ2) is 13.0. The van der Waals surface area contributed by atoms with E-state index in [1.54, 1.807) is 10.7 Å². The van der Waals surface area contributed by atoms with Crippen LogP contribution in [0.15, 0.2) is 36.5 Å². The lowest BCUT2D eigenvalue weighted by Gasteiger charge is -2.44. The van der Waals surface area contributed by atoms with Gasteiger partial charge in [-0.05, 0) is 102 Å². The van der Waals surface area contributed by atoms with Crippen LogP contribution in [0.3, 0.4) is 0 Å². The maximum absolute atomic E-state index is 13.6. The molecule has 0 unspecified atom stereocenters. The third-order valence-corrected chi connectivity index (χ3v) is 8.18. The number of carbonyl (C=O) groups is 2. The number of halogens is 2. The minimum atomic E-state index is -0.570. The van der Waals surface area contributed by atoms with Crippen LogP contribution in [0.4, 0.5) is 9.18 Å². The van der Waals surface area contributed by atoms with E-state index in [4.69, 9.17) is 16.3 Å². The van der Waals surface area contributed by atoms with E-state index in [0.717, 1.165) is 27.9 Å². The number of nitrogens with one attached hydrogen (secondary N) is 1. The van der Waals surface area contributed by atoms with Crippen molar-refractivity contribution in [1.29, 1.82) is 0 Å². The van der Waals surface area contributed by atoms with E-state index >= 15 is 0 Å². The van der Waals surface area contributed by atoms with Crippen molar-refractivity contribution in [1.82, 2.24) is 30.1 Å². The van der Waals surface area contributed by atoms with Gasteiger partial charge in [-0.25, -0.2) is 13.9 Å². The highest BCUT2D eigenvalue weighted by atomic mass is 35.5. The maximum Gasteiger partial charge on any atom is 0.407 e. The van der Waals surface area contributed by atoms with E-state index in [1.165, 1.54) is 12.1 Å². The first kappa shape index (κ1) is 32.4. The highest BCUT2D eigenvalue weighted by Gasteiger charge is 2.33. The molecular formula is C32H42ClFN6O3. The number of carbonyl (C=O) groups excluding carboxylic acids is 2. The van der Waals surface area contributed by atoms with Crippen LogP contribution < -0.4 is 5.32 Å². The largest absolute Gasteiger partial charge is 0.444 e. The predicted molar refractivity (Wildman–Crippen MR) is 165 cm³/mol. The summed E-state index contributed by atoms with van der Waals surface area (Å²) >= 11 is 6.27. The molecule has 11 heteroatoms. The standard InChI is InChI=1S/C32H42ClFN6O3/c1-19-11-24(12-20(2)28(19)14-35-31(42)43-32(6,7)8)30(41)38-15-21(3)39(22(4)16-38)17-26-18-40(37-36-26)23(5)27-10-9-25(34)13-29(27)33/h9-13,18,21-23H,14-17H2,1-8H3,(H,35,42)/t21-,22+,23-/m1/s1. The van der Waals surface area contributed by atoms with Crippen molar-refractivity contribution in [3.8, 4) is 0 Å². The van der Waals surface area contributed by atoms with Crippen LogP contribution in [0, 0.1) is 19.7 Å². The van der Waals surface area contributed by atoms with Gasteiger partial charge >= 0.3 is 6.09 Å². The molecule has 1 saturated heterocycles. The van der Waals surface area contributed by atoms with Crippen LogP contribution in [0.25, 0.3) is 0 Å². The molecule has 2 heterocycles. The first-order valence-corrected chi connectivity index (χ1v) is 15.0. The molecule has 0 aliphatic carbocycles. The zero-order valence-electron chi connectivity index (χ0n) is 26.2. The molecule has 9 nitrogen and oxygen atoms in total. The van der Waals surface area contributed by atoms with Crippen molar-refractivity contribution in [2.24, 2.45) is 0 Å². The van der Waals surface area contributed by atoms with Gasteiger partial charge < -0.3 is 15.0 Å². The first-order valence-electron chi connectivity index (χ1n) is 14.6. The van der Waals surface area contributed by atoms with Crippen molar-refractivity contribution in [2.45, 2.75) is 92.2 Å². The molecule has 43 heavy (non-hydrogen) atoms. The number of hydrogen-bond acceptors (Lipinski definition) is 6. The summed E-state index contributed by atoms with van der Waals surface area (Å²) in [5, 5.41) is 11.9. The number of piperazine rings is 1. The van der Waals surface area contributed by atoms with Crippen molar-refractivity contribution >= 4 is 23.6 Å². The molecule has 2 amide bonds.